The summed E-state index contributed by atoms with van der Waals surface area (Å²) in [5.74, 6) is 1.93. The topological polar surface area (TPSA) is 41.9 Å². The molecule has 2 heterocycles. The lowest BCUT2D eigenvalue weighted by Crippen LogP contribution is -2.27. The number of fused-ring (bicyclic) bond motifs is 7. The quantitative estimate of drug-likeness (QED) is 0.167. The lowest BCUT2D eigenvalue weighted by Gasteiger charge is -2.35. The van der Waals surface area contributed by atoms with Gasteiger partial charge in [0.25, 0.3) is 0 Å². The van der Waals surface area contributed by atoms with Crippen molar-refractivity contribution in [3.63, 3.8) is 0 Å². The molecule has 1 spiro atoms. The second-order valence-electron chi connectivity index (χ2n) is 22.0. The van der Waals surface area contributed by atoms with E-state index >= 15 is 0 Å². The minimum Gasteiger partial charge on any atom is -0.310 e. The largest absolute Gasteiger partial charge is 0.310 e. The van der Waals surface area contributed by atoms with Gasteiger partial charge in [-0.3, -0.25) is 0 Å². The van der Waals surface area contributed by atoms with Crippen molar-refractivity contribution in [1.82, 2.24) is 15.0 Å². The van der Waals surface area contributed by atoms with Crippen molar-refractivity contribution in [2.45, 2.75) is 50.9 Å². The average Bonchev–Trinajstić information content (AvgIpc) is 3.97. The van der Waals surface area contributed by atoms with E-state index in [2.05, 4.69) is 240 Å². The molecule has 0 N–H and O–H groups in total. The van der Waals surface area contributed by atoms with E-state index in [9.17, 15) is 0 Å². The van der Waals surface area contributed by atoms with E-state index in [-0.39, 0.29) is 5.41 Å². The van der Waals surface area contributed by atoms with Crippen LogP contribution in [0.15, 0.2) is 237 Å². The molecule has 2 aliphatic carbocycles. The van der Waals surface area contributed by atoms with Crippen molar-refractivity contribution in [2.75, 3.05) is 4.90 Å². The minimum absolute atomic E-state index is 0.0948. The highest BCUT2D eigenvalue weighted by Gasteiger charge is 2.53. The van der Waals surface area contributed by atoms with E-state index in [1.165, 1.54) is 83.5 Å². The number of aromatic nitrogens is 3. The molecule has 75 heavy (non-hydrogen) atoms. The Hall–Kier alpha value is -8.99. The van der Waals surface area contributed by atoms with Crippen LogP contribution in [-0.2, 0) is 16.2 Å². The van der Waals surface area contributed by atoms with Crippen LogP contribution in [0.25, 0.3) is 78.7 Å². The highest BCUT2D eigenvalue weighted by molar-refractivity contribution is 5.98. The molecule has 11 aromatic rings. The second-order valence-corrected chi connectivity index (χ2v) is 22.0. The lowest BCUT2D eigenvalue weighted by atomic mass is 9.68. The highest BCUT2D eigenvalue weighted by Crippen LogP contribution is 2.65. The van der Waals surface area contributed by atoms with Crippen LogP contribution < -0.4 is 4.90 Å². The smallest absolute Gasteiger partial charge is 0.164 e. The first-order valence-electron chi connectivity index (χ1n) is 26.2. The zero-order valence-corrected chi connectivity index (χ0v) is 42.8. The fourth-order valence-electron chi connectivity index (χ4n) is 12.3. The fourth-order valence-corrected chi connectivity index (χ4v) is 12.3. The Morgan fingerprint density at radius 2 is 0.747 bits per heavy atom. The van der Waals surface area contributed by atoms with Crippen LogP contribution in [0.1, 0.15) is 73.6 Å². The minimum atomic E-state index is -0.694. The first-order valence-corrected chi connectivity index (χ1v) is 26.2. The number of nitrogens with zero attached hydrogens (tertiary/aromatic N) is 4. The third-order valence-electron chi connectivity index (χ3n) is 16.3. The third kappa shape index (κ3) is 7.00. The molecule has 3 aliphatic rings. The van der Waals surface area contributed by atoms with E-state index in [1.807, 2.05) is 36.4 Å². The van der Waals surface area contributed by atoms with Gasteiger partial charge in [-0.25, -0.2) is 15.0 Å². The summed E-state index contributed by atoms with van der Waals surface area (Å²) in [5, 5.41) is 0. The predicted octanol–water partition coefficient (Wildman–Crippen LogP) is 18.0. The van der Waals surface area contributed by atoms with Crippen LogP contribution in [0.5, 0.6) is 0 Å². The van der Waals surface area contributed by atoms with Crippen molar-refractivity contribution in [3.05, 3.63) is 276 Å². The number of rotatable bonds is 6. The summed E-state index contributed by atoms with van der Waals surface area (Å²) in [6, 6.07) is 87.2. The Kier molecular flexibility index (Phi) is 10.00. The first-order chi connectivity index (χ1) is 36.5. The summed E-state index contributed by atoms with van der Waals surface area (Å²) < 4.78 is 0. The van der Waals surface area contributed by atoms with Crippen LogP contribution >= 0.6 is 0 Å². The van der Waals surface area contributed by atoms with Gasteiger partial charge in [0.15, 0.2) is 17.5 Å². The molecule has 1 atom stereocenters. The van der Waals surface area contributed by atoms with Crippen molar-refractivity contribution < 1.29 is 0 Å². The highest BCUT2D eigenvalue weighted by atomic mass is 15.1. The van der Waals surface area contributed by atoms with Crippen molar-refractivity contribution >= 4 is 17.1 Å². The Morgan fingerprint density at radius 1 is 0.333 bits per heavy atom. The molecule has 0 radical (unpaired) electrons. The lowest BCUT2D eigenvalue weighted by molar-refractivity contribution is 0.588. The van der Waals surface area contributed by atoms with E-state index in [0.717, 1.165) is 33.8 Å². The van der Waals surface area contributed by atoms with Crippen molar-refractivity contribution in [1.29, 1.82) is 0 Å². The molecule has 358 valence electrons. The predicted molar refractivity (Wildman–Crippen MR) is 309 cm³/mol. The molecular weight excluding hydrogens is 909 g/mol. The molecule has 1 aromatic heterocycles. The van der Waals surface area contributed by atoms with Gasteiger partial charge in [-0.1, -0.05) is 229 Å². The van der Waals surface area contributed by atoms with E-state index in [0.29, 0.717) is 17.5 Å². The molecule has 14 rings (SSSR count). The summed E-state index contributed by atoms with van der Waals surface area (Å²) in [6.07, 6.45) is 0. The van der Waals surface area contributed by atoms with Gasteiger partial charge in [-0.15, -0.1) is 0 Å². The van der Waals surface area contributed by atoms with Crippen LogP contribution in [-0.4, -0.2) is 15.0 Å². The zero-order chi connectivity index (χ0) is 50.6. The fraction of sp³-hybridized carbons (Fsp3) is 0.113. The summed E-state index contributed by atoms with van der Waals surface area (Å²) >= 11 is 0. The normalized spacial score (nSPS) is 15.4. The molecule has 1 unspecified atom stereocenters. The van der Waals surface area contributed by atoms with Gasteiger partial charge in [0, 0.05) is 33.5 Å². The van der Waals surface area contributed by atoms with Crippen LogP contribution in [0.3, 0.4) is 0 Å². The maximum Gasteiger partial charge on any atom is 0.164 e. The molecule has 4 nitrogen and oxygen atoms in total. The molecule has 0 fully saturated rings. The molecule has 0 amide bonds. The summed E-state index contributed by atoms with van der Waals surface area (Å²) in [7, 11) is 0. The van der Waals surface area contributed by atoms with Crippen LogP contribution in [0.2, 0.25) is 0 Å². The molecule has 4 bridgehead atoms. The van der Waals surface area contributed by atoms with Gasteiger partial charge in [-0.2, -0.15) is 0 Å². The zero-order valence-electron chi connectivity index (χ0n) is 42.8. The van der Waals surface area contributed by atoms with Gasteiger partial charge in [0.05, 0.1) is 11.1 Å². The van der Waals surface area contributed by atoms with Gasteiger partial charge < -0.3 is 4.90 Å². The van der Waals surface area contributed by atoms with Gasteiger partial charge in [0.2, 0.25) is 0 Å². The first kappa shape index (κ1) is 44.7. The number of hydrogen-bond acceptors (Lipinski definition) is 4. The maximum atomic E-state index is 5.30. The van der Waals surface area contributed by atoms with Gasteiger partial charge in [-0.05, 0) is 131 Å². The van der Waals surface area contributed by atoms with Crippen LogP contribution in [0.4, 0.5) is 17.1 Å². The maximum absolute atomic E-state index is 5.30. The van der Waals surface area contributed by atoms with Gasteiger partial charge >= 0.3 is 0 Å². The molecule has 1 aliphatic heterocycles. The average molecular weight is 963 g/mol. The molecule has 4 heteroatoms. The Balaban J connectivity index is 1.07. The molecular formula is C71H54N4. The Labute approximate surface area is 439 Å². The Bertz CT molecular complexity index is 3990. The molecule has 0 saturated carbocycles. The van der Waals surface area contributed by atoms with E-state index < -0.39 is 10.8 Å². The molecule has 10 aromatic carbocycles. The number of benzene rings is 10. The van der Waals surface area contributed by atoms with Crippen molar-refractivity contribution in [2.24, 2.45) is 0 Å². The van der Waals surface area contributed by atoms with Crippen LogP contribution in [0, 0.1) is 0 Å². The second kappa shape index (κ2) is 16.8. The third-order valence-corrected chi connectivity index (χ3v) is 16.3. The number of hydrogen-bond donors (Lipinski definition) is 0. The van der Waals surface area contributed by atoms with Gasteiger partial charge in [0.1, 0.15) is 0 Å². The monoisotopic (exact) mass is 962 g/mol. The Morgan fingerprint density at radius 3 is 1.33 bits per heavy atom. The summed E-state index contributed by atoms with van der Waals surface area (Å²) in [6.45, 7) is 11.8. The summed E-state index contributed by atoms with van der Waals surface area (Å²) in [4.78, 5) is 18.2. The van der Waals surface area contributed by atoms with Crippen molar-refractivity contribution in [3.8, 4) is 78.7 Å². The SMILES string of the molecule is CC(C)(C)c1ccc2c(c1)C13c4cc(-c5nc(-c6ccccc6)nc(-c6ccccc6)n5)ccc4-c4ccc(cc41)N(c1ccc(-c4ccccc4)cc1)c1ccc(-c4ccccc4)cc1C(C)(C)c1ccc-2c3c1. The summed E-state index contributed by atoms with van der Waals surface area (Å²) in [5.41, 5.74) is 23.6. The standard InChI is InChI=1S/C71H54N4/c1-69(2,3)52-30-36-57-58-37-31-53-43-62(58)71(61(57)42-52)60-41-51(68-73-66(48-22-14-8-15-23-48)72-67(74-68)49-24-16-9-17-25-49)28-35-56(60)59-38-34-55(44-63(59)71)75(54-32-26-47(27-33-54)45-18-10-6-11-19-45)65-39-29-50(40-64(65)70(53,4)5)46-20-12-7-13-21-46/h6-44H,1-5H3. The van der Waals surface area contributed by atoms with E-state index in [4.69, 9.17) is 15.0 Å². The number of anilines is 3. The van der Waals surface area contributed by atoms with E-state index in [1.54, 1.807) is 0 Å². The molecule has 0 saturated heterocycles.